The summed E-state index contributed by atoms with van der Waals surface area (Å²) in [6.45, 7) is 5.82. The number of ether oxygens (including phenoxy) is 2. The highest BCUT2D eigenvalue weighted by molar-refractivity contribution is 5.93. The molecule has 4 heteroatoms. The molecule has 1 aromatic rings. The number of hydrogen-bond donors (Lipinski definition) is 0. The Morgan fingerprint density at radius 2 is 1.79 bits per heavy atom. The van der Waals surface area contributed by atoms with Gasteiger partial charge < -0.3 is 9.47 Å². The van der Waals surface area contributed by atoms with E-state index >= 15 is 0 Å². The number of hydrogen-bond acceptors (Lipinski definition) is 4. The minimum absolute atomic E-state index is 0.240. The van der Waals surface area contributed by atoms with Crippen molar-refractivity contribution in [3.8, 4) is 5.75 Å². The van der Waals surface area contributed by atoms with Crippen LogP contribution in [-0.2, 0) is 9.53 Å². The van der Waals surface area contributed by atoms with Crippen LogP contribution >= 0.6 is 0 Å². The second kappa shape index (κ2) is 7.56. The maximum absolute atomic E-state index is 12.0. The van der Waals surface area contributed by atoms with Crippen molar-refractivity contribution in [3.63, 3.8) is 0 Å². The van der Waals surface area contributed by atoms with Crippen LogP contribution in [0.1, 0.15) is 44.0 Å². The van der Waals surface area contributed by atoms with Gasteiger partial charge in [-0.25, -0.2) is 4.79 Å². The smallest absolute Gasteiger partial charge is 0.341 e. The highest BCUT2D eigenvalue weighted by Crippen LogP contribution is 2.20. The predicted octanol–water partition coefficient (Wildman–Crippen LogP) is 3.20. The van der Waals surface area contributed by atoms with Crippen LogP contribution in [0, 0.1) is 5.92 Å². The molecule has 0 heterocycles. The van der Waals surface area contributed by atoms with Crippen molar-refractivity contribution in [2.75, 3.05) is 6.61 Å². The summed E-state index contributed by atoms with van der Waals surface area (Å²) in [6, 6.07) is 6.58. The molecule has 0 unspecified atom stereocenters. The van der Waals surface area contributed by atoms with Gasteiger partial charge in [0.2, 0.25) is 0 Å². The zero-order valence-corrected chi connectivity index (χ0v) is 11.6. The molecule has 0 radical (unpaired) electrons. The Bertz CT molecular complexity index is 436. The van der Waals surface area contributed by atoms with E-state index in [9.17, 15) is 9.59 Å². The first-order chi connectivity index (χ1) is 9.08. The van der Waals surface area contributed by atoms with Crippen molar-refractivity contribution in [2.24, 2.45) is 5.92 Å². The number of benzene rings is 1. The maximum Gasteiger partial charge on any atom is 0.341 e. The first-order valence-electron chi connectivity index (χ1n) is 6.53. The molecule has 0 spiro atoms. The van der Waals surface area contributed by atoms with Crippen LogP contribution in [0.3, 0.4) is 0 Å². The standard InChI is InChI=1S/C15H20O4/c1-4-12(5-2)10-18-15(17)13-8-6-7-9-14(13)19-11(3)16/h6-9,12H,4-5,10H2,1-3H3. The summed E-state index contributed by atoms with van der Waals surface area (Å²) in [5.41, 5.74) is 0.281. The normalized spacial score (nSPS) is 10.3. The topological polar surface area (TPSA) is 52.6 Å². The van der Waals surface area contributed by atoms with Crippen LogP contribution in [0.25, 0.3) is 0 Å². The first kappa shape index (κ1) is 15.2. The molecule has 0 aliphatic carbocycles. The fraction of sp³-hybridized carbons (Fsp3) is 0.467. The van der Waals surface area contributed by atoms with Gasteiger partial charge in [-0.2, -0.15) is 0 Å². The molecule has 0 fully saturated rings. The summed E-state index contributed by atoms with van der Waals surface area (Å²) >= 11 is 0. The van der Waals surface area contributed by atoms with Gasteiger partial charge in [-0.15, -0.1) is 0 Å². The highest BCUT2D eigenvalue weighted by Gasteiger charge is 2.16. The van der Waals surface area contributed by atoms with Crippen molar-refractivity contribution in [3.05, 3.63) is 29.8 Å². The first-order valence-corrected chi connectivity index (χ1v) is 6.53. The molecule has 4 nitrogen and oxygen atoms in total. The molecular formula is C15H20O4. The zero-order chi connectivity index (χ0) is 14.3. The van der Waals surface area contributed by atoms with Gasteiger partial charge in [0, 0.05) is 6.92 Å². The molecule has 19 heavy (non-hydrogen) atoms. The third kappa shape index (κ3) is 4.73. The van der Waals surface area contributed by atoms with E-state index in [2.05, 4.69) is 13.8 Å². The van der Waals surface area contributed by atoms with E-state index in [0.29, 0.717) is 12.5 Å². The zero-order valence-electron chi connectivity index (χ0n) is 11.6. The van der Waals surface area contributed by atoms with Crippen molar-refractivity contribution in [2.45, 2.75) is 33.6 Å². The van der Waals surface area contributed by atoms with Gasteiger partial charge >= 0.3 is 11.9 Å². The maximum atomic E-state index is 12.0. The van der Waals surface area contributed by atoms with Gasteiger partial charge in [0.15, 0.2) is 0 Å². The number of carbonyl (C=O) groups excluding carboxylic acids is 2. The van der Waals surface area contributed by atoms with Crippen molar-refractivity contribution in [1.29, 1.82) is 0 Å². The van der Waals surface area contributed by atoms with Gasteiger partial charge in [-0.1, -0.05) is 38.8 Å². The molecule has 1 rings (SSSR count). The average Bonchev–Trinajstić information content (AvgIpc) is 2.39. The molecule has 0 atom stereocenters. The Morgan fingerprint density at radius 1 is 1.16 bits per heavy atom. The third-order valence-corrected chi connectivity index (χ3v) is 2.97. The largest absolute Gasteiger partial charge is 0.462 e. The lowest BCUT2D eigenvalue weighted by Gasteiger charge is -2.13. The quantitative estimate of drug-likeness (QED) is 0.585. The number of rotatable bonds is 6. The van der Waals surface area contributed by atoms with E-state index in [1.807, 2.05) is 0 Å². The average molecular weight is 264 g/mol. The molecule has 0 saturated carbocycles. The number of esters is 2. The Labute approximate surface area is 113 Å². The third-order valence-electron chi connectivity index (χ3n) is 2.97. The second-order valence-corrected chi connectivity index (χ2v) is 4.37. The summed E-state index contributed by atoms with van der Waals surface area (Å²) in [4.78, 5) is 22.9. The summed E-state index contributed by atoms with van der Waals surface area (Å²) in [7, 11) is 0. The van der Waals surface area contributed by atoms with E-state index in [1.54, 1.807) is 24.3 Å². The van der Waals surface area contributed by atoms with Gasteiger partial charge in [-0.3, -0.25) is 4.79 Å². The van der Waals surface area contributed by atoms with E-state index in [0.717, 1.165) is 12.8 Å². The Kier molecular flexibility index (Phi) is 6.06. The van der Waals surface area contributed by atoms with Gasteiger partial charge in [0.05, 0.1) is 6.61 Å². The highest BCUT2D eigenvalue weighted by atomic mass is 16.5. The summed E-state index contributed by atoms with van der Waals surface area (Å²) in [5.74, 6) is -0.307. The molecule has 0 amide bonds. The van der Waals surface area contributed by atoms with Crippen LogP contribution in [0.15, 0.2) is 24.3 Å². The van der Waals surface area contributed by atoms with Crippen molar-refractivity contribution >= 4 is 11.9 Å². The van der Waals surface area contributed by atoms with Crippen LogP contribution in [0.5, 0.6) is 5.75 Å². The minimum Gasteiger partial charge on any atom is -0.462 e. The van der Waals surface area contributed by atoms with E-state index < -0.39 is 11.9 Å². The molecule has 104 valence electrons. The molecule has 0 aliphatic rings. The number of carbonyl (C=O) groups is 2. The molecule has 1 aromatic carbocycles. The monoisotopic (exact) mass is 264 g/mol. The lowest BCUT2D eigenvalue weighted by molar-refractivity contribution is -0.131. The van der Waals surface area contributed by atoms with Gasteiger partial charge in [0.25, 0.3) is 0 Å². The molecule has 0 aliphatic heterocycles. The van der Waals surface area contributed by atoms with Gasteiger partial charge in [0.1, 0.15) is 11.3 Å². The van der Waals surface area contributed by atoms with Gasteiger partial charge in [-0.05, 0) is 18.1 Å². The lowest BCUT2D eigenvalue weighted by Crippen LogP contribution is -2.15. The minimum atomic E-state index is -0.458. The van der Waals surface area contributed by atoms with E-state index in [1.165, 1.54) is 6.92 Å². The number of para-hydroxylation sites is 1. The van der Waals surface area contributed by atoms with Crippen LogP contribution in [-0.4, -0.2) is 18.5 Å². The fourth-order valence-electron chi connectivity index (χ4n) is 1.67. The SMILES string of the molecule is CCC(CC)COC(=O)c1ccccc1OC(C)=O. The Balaban J connectivity index is 2.73. The predicted molar refractivity (Wildman–Crippen MR) is 72.1 cm³/mol. The van der Waals surface area contributed by atoms with E-state index in [-0.39, 0.29) is 11.3 Å². The molecule has 0 N–H and O–H groups in total. The summed E-state index contributed by atoms with van der Waals surface area (Å²) < 4.78 is 10.3. The van der Waals surface area contributed by atoms with Crippen LogP contribution < -0.4 is 4.74 Å². The van der Waals surface area contributed by atoms with Crippen LogP contribution in [0.2, 0.25) is 0 Å². The lowest BCUT2D eigenvalue weighted by atomic mass is 10.1. The van der Waals surface area contributed by atoms with E-state index in [4.69, 9.17) is 9.47 Å². The van der Waals surface area contributed by atoms with Crippen molar-refractivity contribution in [1.82, 2.24) is 0 Å². The summed E-state index contributed by atoms with van der Waals surface area (Å²) in [6.07, 6.45) is 1.94. The molecule has 0 saturated heterocycles. The molecular weight excluding hydrogens is 244 g/mol. The summed E-state index contributed by atoms with van der Waals surface area (Å²) in [5, 5.41) is 0. The molecule has 0 aromatic heterocycles. The Morgan fingerprint density at radius 3 is 2.37 bits per heavy atom. The second-order valence-electron chi connectivity index (χ2n) is 4.37. The molecule has 0 bridgehead atoms. The van der Waals surface area contributed by atoms with Crippen LogP contribution in [0.4, 0.5) is 0 Å². The Hall–Kier alpha value is -1.84. The fourth-order valence-corrected chi connectivity index (χ4v) is 1.67. The van der Waals surface area contributed by atoms with Crippen molar-refractivity contribution < 1.29 is 19.1 Å².